The second-order valence-corrected chi connectivity index (χ2v) is 10.4. The van der Waals surface area contributed by atoms with Gasteiger partial charge in [-0.2, -0.15) is 0 Å². The Balaban J connectivity index is 0.000000628. The number of carbonyl (C=O) groups excluding carboxylic acids is 2. The summed E-state index contributed by atoms with van der Waals surface area (Å²) in [7, 11) is 0. The zero-order valence-corrected chi connectivity index (χ0v) is 22.2. The summed E-state index contributed by atoms with van der Waals surface area (Å²) in [6, 6.07) is 1.11. The molecule has 0 spiro atoms. The number of primary amides is 1. The summed E-state index contributed by atoms with van der Waals surface area (Å²) < 4.78 is 121. The number of nitrogens with one attached hydrogen (secondary N) is 2. The Kier molecular flexibility index (Phi) is 8.97. The van der Waals surface area contributed by atoms with Crippen LogP contribution in [0.5, 0.6) is 0 Å². The van der Waals surface area contributed by atoms with E-state index in [-0.39, 0.29) is 35.6 Å². The van der Waals surface area contributed by atoms with Crippen LogP contribution in [0.2, 0.25) is 0 Å². The third-order valence-corrected chi connectivity index (χ3v) is 7.27. The number of H-pyrrole nitrogens is 1. The molecular formula is C25H25F9N6O3. The number of benzene rings is 1. The van der Waals surface area contributed by atoms with Crippen molar-refractivity contribution in [2.24, 2.45) is 11.7 Å². The molecule has 18 heteroatoms. The highest BCUT2D eigenvalue weighted by atomic mass is 19.3. The minimum atomic E-state index is -3.60. The lowest BCUT2D eigenvalue weighted by atomic mass is 9.81. The Morgan fingerprint density at radius 2 is 1.72 bits per heavy atom. The Hall–Kier alpha value is -3.86. The summed E-state index contributed by atoms with van der Waals surface area (Å²) in [5.41, 5.74) is 3.98. The van der Waals surface area contributed by atoms with Gasteiger partial charge in [0.15, 0.2) is 23.9 Å². The molecule has 2 aromatic heterocycles. The third kappa shape index (κ3) is 7.04. The topological polar surface area (TPSA) is 140 Å². The van der Waals surface area contributed by atoms with Gasteiger partial charge in [-0.15, -0.1) is 0 Å². The van der Waals surface area contributed by atoms with Crippen molar-refractivity contribution in [1.82, 2.24) is 25.6 Å². The standard InChI is InChI=1S/C22H22F6N6O3.C3H3F3/c1-8-15(34-37-33-8)21(36)32-16(9-4-6-22(27,28)7-5-9)20-30-11-3-2-10(13(23)17(11)31-20)12(19(29)35)14(24)18(25)26;4-2-1-3(2,5)6/h2-3,9,12,14,16,18H,4-7H2,1H3,(H2,29,35)(H,30,31)(H,32,36);2H,1H2/t12?,14?,16-;/m0./s1. The second kappa shape index (κ2) is 12.0. The first kappa shape index (κ1) is 32.1. The molecule has 2 saturated carbocycles. The SMILES string of the molecule is Cc1nonc1C(=O)N[C@H](c1nc2c(F)c(C(C(N)=O)C(F)C(F)F)ccc2[nH]1)C1CCC(F)(F)CC1.FC1CC1(F)F. The van der Waals surface area contributed by atoms with Crippen molar-refractivity contribution in [2.75, 3.05) is 0 Å². The van der Waals surface area contributed by atoms with Crippen molar-refractivity contribution >= 4 is 22.8 Å². The van der Waals surface area contributed by atoms with Gasteiger partial charge < -0.3 is 16.0 Å². The molecule has 5 rings (SSSR count). The van der Waals surface area contributed by atoms with E-state index >= 15 is 4.39 Å². The number of hydrogen-bond acceptors (Lipinski definition) is 6. The summed E-state index contributed by atoms with van der Waals surface area (Å²) in [4.78, 5) is 31.4. The van der Waals surface area contributed by atoms with Crippen molar-refractivity contribution in [2.45, 2.75) is 81.6 Å². The van der Waals surface area contributed by atoms with Crippen LogP contribution in [0.1, 0.15) is 71.6 Å². The number of alkyl halides is 8. The first-order valence-electron chi connectivity index (χ1n) is 12.9. The summed E-state index contributed by atoms with van der Waals surface area (Å²) in [5, 5.41) is 9.68. The van der Waals surface area contributed by atoms with Crippen molar-refractivity contribution in [3.05, 3.63) is 40.7 Å². The number of hydrogen-bond donors (Lipinski definition) is 3. The van der Waals surface area contributed by atoms with Gasteiger partial charge in [0.25, 0.3) is 18.3 Å². The number of aryl methyl sites for hydroxylation is 1. The number of imidazole rings is 1. The molecule has 3 aromatic rings. The number of carbonyl (C=O) groups is 2. The second-order valence-electron chi connectivity index (χ2n) is 10.4. The van der Waals surface area contributed by atoms with Gasteiger partial charge in [0, 0.05) is 18.4 Å². The first-order chi connectivity index (χ1) is 20.0. The summed E-state index contributed by atoms with van der Waals surface area (Å²) in [5.74, 6) is -12.2. The third-order valence-electron chi connectivity index (χ3n) is 7.27. The summed E-state index contributed by atoms with van der Waals surface area (Å²) >= 11 is 0. The van der Waals surface area contributed by atoms with Crippen LogP contribution >= 0.6 is 0 Å². The summed E-state index contributed by atoms with van der Waals surface area (Å²) in [6.07, 6.45) is -9.94. The van der Waals surface area contributed by atoms with Gasteiger partial charge in [-0.05, 0) is 36.9 Å². The number of aromatic nitrogens is 4. The largest absolute Gasteiger partial charge is 0.369 e. The lowest BCUT2D eigenvalue weighted by molar-refractivity contribution is -0.123. The Morgan fingerprint density at radius 1 is 1.12 bits per heavy atom. The molecule has 0 radical (unpaired) electrons. The number of nitrogens with zero attached hydrogens (tertiary/aromatic N) is 3. The van der Waals surface area contributed by atoms with Crippen LogP contribution in [-0.2, 0) is 4.79 Å². The van der Waals surface area contributed by atoms with Gasteiger partial charge in [-0.25, -0.2) is 49.1 Å². The van der Waals surface area contributed by atoms with Gasteiger partial charge in [-0.3, -0.25) is 9.59 Å². The molecule has 1 aromatic carbocycles. The van der Waals surface area contributed by atoms with Crippen LogP contribution in [-0.4, -0.2) is 62.7 Å². The molecule has 0 saturated heterocycles. The highest BCUT2D eigenvalue weighted by molar-refractivity contribution is 5.93. The molecule has 236 valence electrons. The van der Waals surface area contributed by atoms with Crippen LogP contribution in [0.25, 0.3) is 11.0 Å². The van der Waals surface area contributed by atoms with Crippen LogP contribution < -0.4 is 11.1 Å². The zero-order valence-electron chi connectivity index (χ0n) is 22.2. The van der Waals surface area contributed by atoms with E-state index < -0.39 is 96.5 Å². The molecule has 9 nitrogen and oxygen atoms in total. The highest BCUT2D eigenvalue weighted by Crippen LogP contribution is 2.44. The van der Waals surface area contributed by atoms with E-state index in [0.717, 1.165) is 6.07 Å². The van der Waals surface area contributed by atoms with Crippen molar-refractivity contribution < 1.29 is 53.7 Å². The van der Waals surface area contributed by atoms with E-state index in [0.29, 0.717) is 0 Å². The molecule has 4 atom stereocenters. The van der Waals surface area contributed by atoms with Crippen LogP contribution in [0, 0.1) is 18.7 Å². The molecule has 2 aliphatic carbocycles. The van der Waals surface area contributed by atoms with E-state index in [4.69, 9.17) is 5.73 Å². The normalized spacial score (nSPS) is 21.5. The maximum absolute atomic E-state index is 15.3. The van der Waals surface area contributed by atoms with Crippen LogP contribution in [0.4, 0.5) is 39.5 Å². The number of amides is 2. The fourth-order valence-electron chi connectivity index (χ4n) is 4.72. The predicted octanol–water partition coefficient (Wildman–Crippen LogP) is 5.23. The van der Waals surface area contributed by atoms with Crippen molar-refractivity contribution in [3.8, 4) is 0 Å². The minimum absolute atomic E-state index is 0.000437. The molecule has 2 aliphatic rings. The number of rotatable bonds is 8. The van der Waals surface area contributed by atoms with Gasteiger partial charge in [0.1, 0.15) is 23.0 Å². The molecule has 2 heterocycles. The molecule has 2 fully saturated rings. The molecule has 43 heavy (non-hydrogen) atoms. The predicted molar refractivity (Wildman–Crippen MR) is 129 cm³/mol. The lowest BCUT2D eigenvalue weighted by Gasteiger charge is -2.33. The molecule has 2 amide bonds. The lowest BCUT2D eigenvalue weighted by Crippen LogP contribution is -2.38. The van der Waals surface area contributed by atoms with Crippen molar-refractivity contribution in [3.63, 3.8) is 0 Å². The fourth-order valence-corrected chi connectivity index (χ4v) is 4.72. The van der Waals surface area contributed by atoms with E-state index in [1.165, 1.54) is 13.0 Å². The number of nitrogens with two attached hydrogens (primary N) is 1. The fraction of sp³-hybridized carbons (Fsp3) is 0.560. The van der Waals surface area contributed by atoms with Crippen LogP contribution in [0.3, 0.4) is 0 Å². The van der Waals surface area contributed by atoms with E-state index in [1.807, 2.05) is 0 Å². The average molecular weight is 628 g/mol. The highest BCUT2D eigenvalue weighted by Gasteiger charge is 2.58. The minimum Gasteiger partial charge on any atom is -0.369 e. The quantitative estimate of drug-likeness (QED) is 0.292. The smallest absolute Gasteiger partial charge is 0.281 e. The monoisotopic (exact) mass is 628 g/mol. The van der Waals surface area contributed by atoms with Gasteiger partial charge in [0.05, 0.1) is 18.0 Å². The first-order valence-corrected chi connectivity index (χ1v) is 12.9. The number of fused-ring (bicyclic) bond motifs is 1. The Bertz CT molecular complexity index is 1470. The van der Waals surface area contributed by atoms with Gasteiger partial charge in [0.2, 0.25) is 11.8 Å². The van der Waals surface area contributed by atoms with E-state index in [1.54, 1.807) is 0 Å². The molecule has 4 N–H and O–H groups in total. The molecular weight excluding hydrogens is 603 g/mol. The Morgan fingerprint density at radius 3 is 2.21 bits per heavy atom. The zero-order chi connectivity index (χ0) is 31.9. The van der Waals surface area contributed by atoms with Gasteiger partial charge >= 0.3 is 0 Å². The number of halogens is 9. The van der Waals surface area contributed by atoms with E-state index in [2.05, 4.69) is 30.2 Å². The molecule has 0 bridgehead atoms. The molecule has 3 unspecified atom stereocenters. The van der Waals surface area contributed by atoms with Crippen LogP contribution in [0.15, 0.2) is 16.8 Å². The number of aromatic amines is 1. The maximum Gasteiger partial charge on any atom is 0.281 e. The van der Waals surface area contributed by atoms with Crippen molar-refractivity contribution in [1.29, 1.82) is 0 Å². The molecule has 0 aliphatic heterocycles. The average Bonchev–Trinajstić information content (AvgIpc) is 3.27. The Labute approximate surface area is 236 Å². The van der Waals surface area contributed by atoms with Gasteiger partial charge in [-0.1, -0.05) is 11.2 Å². The summed E-state index contributed by atoms with van der Waals surface area (Å²) in [6.45, 7) is 1.46. The maximum atomic E-state index is 15.3. The van der Waals surface area contributed by atoms with E-state index in [9.17, 15) is 44.7 Å².